The van der Waals surface area contributed by atoms with Crippen molar-refractivity contribution < 1.29 is 4.39 Å². The summed E-state index contributed by atoms with van der Waals surface area (Å²) >= 11 is 3.53. The summed E-state index contributed by atoms with van der Waals surface area (Å²) in [6.07, 6.45) is 0. The Bertz CT molecular complexity index is 654. The quantitative estimate of drug-likeness (QED) is 0.914. The Hall–Kier alpha value is -1.88. The van der Waals surface area contributed by atoms with Gasteiger partial charge in [-0.1, -0.05) is 24.3 Å². The third-order valence-corrected chi connectivity index (χ3v) is 4.02. The molecule has 3 rings (SSSR count). The molecule has 0 amide bonds. The van der Waals surface area contributed by atoms with E-state index in [1.807, 2.05) is 29.2 Å². The summed E-state index contributed by atoms with van der Waals surface area (Å²) in [5, 5.41) is 0. The van der Waals surface area contributed by atoms with Crippen LogP contribution in [0.15, 0.2) is 58.0 Å². The number of para-hydroxylation sites is 1. The van der Waals surface area contributed by atoms with Crippen LogP contribution in [0.4, 0.5) is 10.1 Å². The van der Waals surface area contributed by atoms with Gasteiger partial charge in [0.25, 0.3) is 0 Å². The Labute approximate surface area is 125 Å². The van der Waals surface area contributed by atoms with Crippen molar-refractivity contribution in [1.82, 2.24) is 0 Å². The van der Waals surface area contributed by atoms with E-state index in [4.69, 9.17) is 5.73 Å². The number of aliphatic imine (C=N–C) groups is 1. The molecule has 5 heteroatoms. The van der Waals surface area contributed by atoms with E-state index in [9.17, 15) is 4.39 Å². The van der Waals surface area contributed by atoms with Crippen molar-refractivity contribution in [3.8, 4) is 0 Å². The zero-order chi connectivity index (χ0) is 14.1. The van der Waals surface area contributed by atoms with E-state index in [-0.39, 0.29) is 11.9 Å². The van der Waals surface area contributed by atoms with Crippen molar-refractivity contribution >= 4 is 27.6 Å². The van der Waals surface area contributed by atoms with Gasteiger partial charge in [0.1, 0.15) is 5.82 Å². The summed E-state index contributed by atoms with van der Waals surface area (Å²) in [5.74, 6) is 0.235. The van der Waals surface area contributed by atoms with Crippen LogP contribution in [0.25, 0.3) is 0 Å². The molecule has 1 aliphatic heterocycles. The highest BCUT2D eigenvalue weighted by Crippen LogP contribution is 2.35. The van der Waals surface area contributed by atoms with Gasteiger partial charge >= 0.3 is 0 Å². The summed E-state index contributed by atoms with van der Waals surface area (Å²) < 4.78 is 14.0. The molecule has 0 fully saturated rings. The smallest absolute Gasteiger partial charge is 0.196 e. The van der Waals surface area contributed by atoms with E-state index in [0.717, 1.165) is 15.7 Å². The highest BCUT2D eigenvalue weighted by Gasteiger charge is 2.29. The molecule has 2 aromatic rings. The maximum Gasteiger partial charge on any atom is 0.196 e. The second kappa shape index (κ2) is 5.25. The minimum atomic E-state index is -0.243. The topological polar surface area (TPSA) is 41.6 Å². The van der Waals surface area contributed by atoms with Gasteiger partial charge in [0.2, 0.25) is 0 Å². The fraction of sp³-hybridized carbons (Fsp3) is 0.133. The highest BCUT2D eigenvalue weighted by atomic mass is 79.9. The Morgan fingerprint density at radius 2 is 1.85 bits per heavy atom. The second-order valence-electron chi connectivity index (χ2n) is 4.59. The summed E-state index contributed by atoms with van der Waals surface area (Å²) in [4.78, 5) is 6.29. The Morgan fingerprint density at radius 1 is 1.15 bits per heavy atom. The zero-order valence-corrected chi connectivity index (χ0v) is 12.2. The van der Waals surface area contributed by atoms with Gasteiger partial charge in [0, 0.05) is 4.47 Å². The van der Waals surface area contributed by atoms with E-state index in [1.165, 1.54) is 12.1 Å². The van der Waals surface area contributed by atoms with Gasteiger partial charge in [-0.05, 0) is 45.8 Å². The Morgan fingerprint density at radius 3 is 2.55 bits per heavy atom. The molecule has 1 unspecified atom stereocenters. The van der Waals surface area contributed by atoms with Gasteiger partial charge in [-0.15, -0.1) is 0 Å². The molecular formula is C15H13BrFN3. The largest absolute Gasteiger partial charge is 0.369 e. The number of rotatable bonds is 2. The molecule has 20 heavy (non-hydrogen) atoms. The average Bonchev–Trinajstić information content (AvgIpc) is 2.82. The van der Waals surface area contributed by atoms with Crippen LogP contribution >= 0.6 is 15.9 Å². The van der Waals surface area contributed by atoms with Crippen LogP contribution in [-0.4, -0.2) is 12.5 Å². The van der Waals surface area contributed by atoms with Gasteiger partial charge in [0.05, 0.1) is 18.3 Å². The van der Waals surface area contributed by atoms with E-state index in [1.54, 1.807) is 12.1 Å². The maximum absolute atomic E-state index is 13.1. The van der Waals surface area contributed by atoms with Gasteiger partial charge < -0.3 is 10.6 Å². The van der Waals surface area contributed by atoms with Gasteiger partial charge in [-0.25, -0.2) is 4.39 Å². The number of nitrogens with zero attached hydrogens (tertiary/aromatic N) is 2. The Balaban J connectivity index is 2.01. The molecule has 1 atom stereocenters. The number of halogens is 2. The minimum Gasteiger partial charge on any atom is -0.369 e. The van der Waals surface area contributed by atoms with E-state index in [2.05, 4.69) is 20.9 Å². The highest BCUT2D eigenvalue weighted by molar-refractivity contribution is 9.10. The molecule has 1 aliphatic rings. The second-order valence-corrected chi connectivity index (χ2v) is 5.44. The van der Waals surface area contributed by atoms with E-state index >= 15 is 0 Å². The summed E-state index contributed by atoms with van der Waals surface area (Å²) in [5.41, 5.74) is 7.97. The van der Waals surface area contributed by atoms with Crippen LogP contribution in [0.1, 0.15) is 11.6 Å². The van der Waals surface area contributed by atoms with Crippen molar-refractivity contribution in [2.45, 2.75) is 6.04 Å². The van der Waals surface area contributed by atoms with Crippen LogP contribution in [0.2, 0.25) is 0 Å². The number of guanidine groups is 1. The molecule has 102 valence electrons. The molecule has 0 saturated heterocycles. The lowest BCUT2D eigenvalue weighted by atomic mass is 10.1. The third-order valence-electron chi connectivity index (χ3n) is 3.35. The molecule has 0 aromatic heterocycles. The monoisotopic (exact) mass is 333 g/mol. The molecule has 0 aliphatic carbocycles. The van der Waals surface area contributed by atoms with Crippen molar-refractivity contribution in [1.29, 1.82) is 0 Å². The van der Waals surface area contributed by atoms with Crippen molar-refractivity contribution in [3.63, 3.8) is 0 Å². The lowest BCUT2D eigenvalue weighted by molar-refractivity contribution is 0.625. The number of benzene rings is 2. The fourth-order valence-electron chi connectivity index (χ4n) is 2.38. The number of hydrogen-bond donors (Lipinski definition) is 1. The first kappa shape index (κ1) is 13.1. The number of nitrogens with two attached hydrogens (primary N) is 1. The molecule has 0 bridgehead atoms. The van der Waals surface area contributed by atoms with E-state index in [0.29, 0.717) is 12.5 Å². The fourth-order valence-corrected chi connectivity index (χ4v) is 2.85. The maximum atomic E-state index is 13.1. The normalized spacial score (nSPS) is 18.2. The van der Waals surface area contributed by atoms with Crippen LogP contribution in [0, 0.1) is 5.82 Å². The first-order valence-corrected chi connectivity index (χ1v) is 7.05. The summed E-state index contributed by atoms with van der Waals surface area (Å²) in [6.45, 7) is 0.568. The van der Waals surface area contributed by atoms with Gasteiger partial charge in [0.15, 0.2) is 5.96 Å². The SMILES string of the molecule is NC1=NCC(c2ccc(F)cc2)N1c1ccccc1Br. The molecule has 1 heterocycles. The van der Waals surface area contributed by atoms with Crippen LogP contribution in [0.3, 0.4) is 0 Å². The molecule has 0 spiro atoms. The molecule has 2 N–H and O–H groups in total. The van der Waals surface area contributed by atoms with Crippen molar-refractivity contribution in [3.05, 3.63) is 64.4 Å². The molecule has 0 radical (unpaired) electrons. The summed E-state index contributed by atoms with van der Waals surface area (Å²) in [7, 11) is 0. The third kappa shape index (κ3) is 2.29. The average molecular weight is 334 g/mol. The standard InChI is InChI=1S/C15H13BrFN3/c16-12-3-1-2-4-13(12)20-14(9-19-15(20)18)10-5-7-11(17)8-6-10/h1-8,14H,9H2,(H2,18,19). The van der Waals surface area contributed by atoms with Crippen LogP contribution in [-0.2, 0) is 0 Å². The predicted molar refractivity (Wildman–Crippen MR) is 82.3 cm³/mol. The number of hydrogen-bond acceptors (Lipinski definition) is 3. The van der Waals surface area contributed by atoms with Crippen LogP contribution in [0.5, 0.6) is 0 Å². The van der Waals surface area contributed by atoms with E-state index < -0.39 is 0 Å². The first-order valence-electron chi connectivity index (χ1n) is 6.26. The van der Waals surface area contributed by atoms with Gasteiger partial charge in [-0.2, -0.15) is 0 Å². The van der Waals surface area contributed by atoms with Crippen LogP contribution < -0.4 is 10.6 Å². The van der Waals surface area contributed by atoms with Crippen molar-refractivity contribution in [2.24, 2.45) is 10.7 Å². The predicted octanol–water partition coefficient (Wildman–Crippen LogP) is 3.46. The zero-order valence-electron chi connectivity index (χ0n) is 10.6. The number of anilines is 1. The molecule has 2 aromatic carbocycles. The van der Waals surface area contributed by atoms with Gasteiger partial charge in [-0.3, -0.25) is 4.99 Å². The first-order chi connectivity index (χ1) is 9.66. The molecular weight excluding hydrogens is 321 g/mol. The lowest BCUT2D eigenvalue weighted by Gasteiger charge is -2.27. The Kier molecular flexibility index (Phi) is 3.44. The van der Waals surface area contributed by atoms with Crippen molar-refractivity contribution in [2.75, 3.05) is 11.4 Å². The molecule has 3 nitrogen and oxygen atoms in total. The minimum absolute atomic E-state index is 0.00528. The summed E-state index contributed by atoms with van der Waals surface area (Å²) in [6, 6.07) is 14.3. The molecule has 0 saturated carbocycles. The lowest BCUT2D eigenvalue weighted by Crippen LogP contribution is -2.36.